The van der Waals surface area contributed by atoms with E-state index < -0.39 is 16.9 Å². The maximum atomic E-state index is 13.2. The van der Waals surface area contributed by atoms with Crippen molar-refractivity contribution in [2.45, 2.75) is 72.4 Å². The Hall–Kier alpha value is -4.58. The second kappa shape index (κ2) is 17.8. The standard InChI is InChI=1S/C31H38N6O6.C3H8/c1-3-20(2)16-29(39)27(18-32-31(41)26-17-25(34-35-26)24-6-4-5-7-28(24)38)33-30(40)22-12-14-36(15-13-22)19-21-8-10-23(11-9-21)37(42)43;1-3-2/h4-11,17,20,22,27,38H,3,12-16,18-19H2,1-2H3,(H,32,41)(H,33,40)(H,34,35);3H2,1-2H3. The zero-order chi connectivity index (χ0) is 33.6. The molecular formula is C34H46N6O6. The van der Waals surface area contributed by atoms with E-state index in [1.807, 2.05) is 13.8 Å². The number of H-pyrrole nitrogens is 1. The number of nitro groups is 1. The normalized spacial score (nSPS) is 14.8. The minimum Gasteiger partial charge on any atom is -0.507 e. The molecule has 0 spiro atoms. The lowest BCUT2D eigenvalue weighted by molar-refractivity contribution is -0.384. The first kappa shape index (κ1) is 35.9. The Morgan fingerprint density at radius 1 is 1.09 bits per heavy atom. The molecule has 0 saturated carbocycles. The zero-order valence-electron chi connectivity index (χ0n) is 27.1. The third kappa shape index (κ3) is 10.5. The van der Waals surface area contributed by atoms with E-state index in [1.54, 1.807) is 30.3 Å². The lowest BCUT2D eigenvalue weighted by Gasteiger charge is -2.32. The lowest BCUT2D eigenvalue weighted by Crippen LogP contribution is -2.51. The average molecular weight is 635 g/mol. The highest BCUT2D eigenvalue weighted by molar-refractivity contribution is 5.95. The number of piperidine rings is 1. The van der Waals surface area contributed by atoms with Crippen LogP contribution in [0.3, 0.4) is 0 Å². The lowest BCUT2D eigenvalue weighted by atomic mass is 9.94. The molecule has 12 nitrogen and oxygen atoms in total. The molecule has 4 rings (SSSR count). The van der Waals surface area contributed by atoms with E-state index in [-0.39, 0.29) is 53.6 Å². The average Bonchev–Trinajstić information content (AvgIpc) is 3.54. The summed E-state index contributed by atoms with van der Waals surface area (Å²) in [5, 5.41) is 33.4. The fourth-order valence-corrected chi connectivity index (χ4v) is 5.06. The number of hydrogen-bond donors (Lipinski definition) is 4. The van der Waals surface area contributed by atoms with Gasteiger partial charge in [0, 0.05) is 43.1 Å². The van der Waals surface area contributed by atoms with Gasteiger partial charge in [-0.2, -0.15) is 5.10 Å². The summed E-state index contributed by atoms with van der Waals surface area (Å²) < 4.78 is 0. The molecule has 248 valence electrons. The van der Waals surface area contributed by atoms with Gasteiger partial charge in [-0.1, -0.05) is 64.8 Å². The van der Waals surface area contributed by atoms with Crippen molar-refractivity contribution in [2.75, 3.05) is 19.6 Å². The van der Waals surface area contributed by atoms with Crippen LogP contribution in [0, 0.1) is 22.0 Å². The number of aromatic nitrogens is 2. The molecule has 0 aliphatic carbocycles. The van der Waals surface area contributed by atoms with Crippen LogP contribution in [-0.4, -0.2) is 68.4 Å². The van der Waals surface area contributed by atoms with Crippen LogP contribution in [0.5, 0.6) is 5.75 Å². The number of ketones is 1. The molecule has 46 heavy (non-hydrogen) atoms. The minimum absolute atomic E-state index is 0.0385. The number of non-ortho nitro benzene ring substituents is 1. The first-order valence-corrected chi connectivity index (χ1v) is 16.0. The number of nitrogens with one attached hydrogen (secondary N) is 3. The van der Waals surface area contributed by atoms with Crippen molar-refractivity contribution < 1.29 is 24.4 Å². The third-order valence-electron chi connectivity index (χ3n) is 7.93. The molecule has 2 unspecified atom stereocenters. The summed E-state index contributed by atoms with van der Waals surface area (Å²) in [6, 6.07) is 13.8. The number of para-hydroxylation sites is 1. The number of aromatic amines is 1. The summed E-state index contributed by atoms with van der Waals surface area (Å²) in [6.45, 7) is 10.1. The molecule has 1 aliphatic rings. The maximum absolute atomic E-state index is 13.2. The molecule has 1 aliphatic heterocycles. The number of nitrogens with zero attached hydrogens (tertiary/aromatic N) is 3. The van der Waals surface area contributed by atoms with Crippen molar-refractivity contribution in [3.63, 3.8) is 0 Å². The van der Waals surface area contributed by atoms with Crippen LogP contribution in [0.15, 0.2) is 54.6 Å². The minimum atomic E-state index is -0.871. The number of rotatable bonds is 13. The van der Waals surface area contributed by atoms with E-state index >= 15 is 0 Å². The highest BCUT2D eigenvalue weighted by atomic mass is 16.6. The molecule has 2 atom stereocenters. The molecule has 1 saturated heterocycles. The second-order valence-electron chi connectivity index (χ2n) is 11.8. The predicted octanol–water partition coefficient (Wildman–Crippen LogP) is 5.24. The molecule has 3 aromatic rings. The first-order chi connectivity index (χ1) is 22.1. The number of phenols is 1. The van der Waals surface area contributed by atoms with Crippen LogP contribution >= 0.6 is 0 Å². The summed E-state index contributed by atoms with van der Waals surface area (Å²) in [5.41, 5.74) is 2.06. The number of nitro benzene ring substituents is 1. The number of carbonyl (C=O) groups is 3. The first-order valence-electron chi connectivity index (χ1n) is 16.0. The van der Waals surface area contributed by atoms with Gasteiger partial charge in [-0.25, -0.2) is 0 Å². The van der Waals surface area contributed by atoms with Gasteiger partial charge in [-0.05, 0) is 55.6 Å². The number of Topliss-reactive ketones (excluding diaryl/α,β-unsaturated/α-hetero) is 1. The summed E-state index contributed by atoms with van der Waals surface area (Å²) >= 11 is 0. The summed E-state index contributed by atoms with van der Waals surface area (Å²) in [7, 11) is 0. The third-order valence-corrected chi connectivity index (χ3v) is 7.93. The van der Waals surface area contributed by atoms with E-state index in [2.05, 4.69) is 39.6 Å². The van der Waals surface area contributed by atoms with Crippen LogP contribution in [0.2, 0.25) is 0 Å². The van der Waals surface area contributed by atoms with Gasteiger partial charge in [-0.3, -0.25) is 34.5 Å². The van der Waals surface area contributed by atoms with Crippen molar-refractivity contribution in [1.82, 2.24) is 25.7 Å². The van der Waals surface area contributed by atoms with Gasteiger partial charge in [0.05, 0.1) is 10.6 Å². The van der Waals surface area contributed by atoms with Crippen LogP contribution in [0.1, 0.15) is 75.9 Å². The maximum Gasteiger partial charge on any atom is 0.269 e. The number of aromatic hydroxyl groups is 1. The van der Waals surface area contributed by atoms with Gasteiger partial charge >= 0.3 is 0 Å². The Morgan fingerprint density at radius 2 is 1.74 bits per heavy atom. The van der Waals surface area contributed by atoms with Gasteiger partial charge < -0.3 is 15.7 Å². The Morgan fingerprint density at radius 3 is 2.35 bits per heavy atom. The molecule has 12 heteroatoms. The smallest absolute Gasteiger partial charge is 0.269 e. The van der Waals surface area contributed by atoms with Crippen molar-refractivity contribution in [2.24, 2.45) is 11.8 Å². The van der Waals surface area contributed by atoms with Gasteiger partial charge in [0.25, 0.3) is 11.6 Å². The fraction of sp³-hybridized carbons (Fsp3) is 0.471. The van der Waals surface area contributed by atoms with E-state index in [1.165, 1.54) is 30.7 Å². The SMILES string of the molecule is CCC.CCC(C)CC(=O)C(CNC(=O)c1cc(-c2ccccc2O)n[nH]1)NC(=O)C1CCN(Cc2ccc([N+](=O)[O-])cc2)CC1. The summed E-state index contributed by atoms with van der Waals surface area (Å²) in [5.74, 6) is -0.926. The van der Waals surface area contributed by atoms with Gasteiger partial charge in [0.2, 0.25) is 5.91 Å². The van der Waals surface area contributed by atoms with Gasteiger partial charge in [0.15, 0.2) is 5.78 Å². The molecule has 0 bridgehead atoms. The zero-order valence-corrected chi connectivity index (χ0v) is 27.1. The highest BCUT2D eigenvalue weighted by Gasteiger charge is 2.29. The number of hydrogen-bond acceptors (Lipinski definition) is 8. The Labute approximate surface area is 270 Å². The van der Waals surface area contributed by atoms with E-state index in [0.717, 1.165) is 12.0 Å². The summed E-state index contributed by atoms with van der Waals surface area (Å²) in [4.78, 5) is 52.0. The molecular weight excluding hydrogens is 588 g/mol. The largest absolute Gasteiger partial charge is 0.507 e. The molecule has 2 aromatic carbocycles. The van der Waals surface area contributed by atoms with E-state index in [0.29, 0.717) is 43.7 Å². The number of amides is 2. The van der Waals surface area contributed by atoms with Crippen molar-refractivity contribution >= 4 is 23.3 Å². The topological polar surface area (TPSA) is 171 Å². The number of carbonyl (C=O) groups excluding carboxylic acids is 3. The van der Waals surface area contributed by atoms with Gasteiger partial charge in [0.1, 0.15) is 17.5 Å². The Balaban J connectivity index is 0.00000185. The molecule has 1 fully saturated rings. The predicted molar refractivity (Wildman–Crippen MR) is 176 cm³/mol. The number of phenolic OH excluding ortho intramolecular Hbond substituents is 1. The monoisotopic (exact) mass is 634 g/mol. The molecule has 0 radical (unpaired) electrons. The summed E-state index contributed by atoms with van der Waals surface area (Å²) in [6.07, 6.45) is 3.57. The molecule has 4 N–H and O–H groups in total. The van der Waals surface area contributed by atoms with Crippen LogP contribution in [0.25, 0.3) is 11.3 Å². The van der Waals surface area contributed by atoms with E-state index in [9.17, 15) is 29.6 Å². The quantitative estimate of drug-likeness (QED) is 0.146. The molecule has 1 aromatic heterocycles. The van der Waals surface area contributed by atoms with E-state index in [4.69, 9.17) is 0 Å². The van der Waals surface area contributed by atoms with Crippen LogP contribution in [-0.2, 0) is 16.1 Å². The number of benzene rings is 2. The van der Waals surface area contributed by atoms with Gasteiger partial charge in [-0.15, -0.1) is 0 Å². The highest BCUT2D eigenvalue weighted by Crippen LogP contribution is 2.27. The van der Waals surface area contributed by atoms with Crippen molar-refractivity contribution in [1.29, 1.82) is 0 Å². The van der Waals surface area contributed by atoms with Crippen LogP contribution < -0.4 is 10.6 Å². The fourth-order valence-electron chi connectivity index (χ4n) is 5.06. The van der Waals surface area contributed by atoms with Crippen molar-refractivity contribution in [3.8, 4) is 17.0 Å². The Bertz CT molecular complexity index is 1450. The molecule has 2 amide bonds. The second-order valence-corrected chi connectivity index (χ2v) is 11.8. The number of likely N-dealkylation sites (tertiary alicyclic amines) is 1. The Kier molecular flexibility index (Phi) is 13.9. The molecule has 2 heterocycles. The van der Waals surface area contributed by atoms with Crippen molar-refractivity contribution in [3.05, 3.63) is 76.0 Å². The van der Waals surface area contributed by atoms with Crippen LogP contribution in [0.4, 0.5) is 5.69 Å².